The molecule has 0 spiro atoms. The Morgan fingerprint density at radius 2 is 1.85 bits per heavy atom. The van der Waals surface area contributed by atoms with E-state index in [2.05, 4.69) is 15.0 Å². The minimum absolute atomic E-state index is 0.0734. The lowest BCUT2D eigenvalue weighted by atomic mass is 10.1. The molecular weight excluding hydrogens is 423 g/mol. The highest BCUT2D eigenvalue weighted by Gasteiger charge is 2.26. The number of carbonyl (C=O) groups is 2. The number of benzene rings is 1. The number of aromatic nitrogens is 3. The summed E-state index contributed by atoms with van der Waals surface area (Å²) in [4.78, 5) is 38.7. The standard InChI is InChI=1S/C25H23FN4O3/c1-25(2,3)33-24(32)30(15-17-7-4-5-9-20(17)26)21-11-10-16(13-28-21)22(31)19-14-29-23-18(19)8-6-12-27-23/h4-14H,15H2,1-3H3,(H,27,29). The lowest BCUT2D eigenvalue weighted by molar-refractivity contribution is 0.0576. The number of carbonyl (C=O) groups excluding carboxylic acids is 2. The molecule has 0 saturated carbocycles. The van der Waals surface area contributed by atoms with E-state index in [1.54, 1.807) is 69.6 Å². The van der Waals surface area contributed by atoms with Crippen LogP contribution in [-0.4, -0.2) is 32.4 Å². The Bertz CT molecular complexity index is 1310. The number of ether oxygens (including phenoxy) is 1. The average molecular weight is 446 g/mol. The molecule has 0 aliphatic rings. The fourth-order valence-corrected chi connectivity index (χ4v) is 3.33. The fraction of sp³-hybridized carbons (Fsp3) is 0.200. The number of rotatable bonds is 5. The second-order valence-electron chi connectivity index (χ2n) is 8.49. The van der Waals surface area contributed by atoms with Gasteiger partial charge in [0.05, 0.1) is 6.54 Å². The molecule has 1 N–H and O–H groups in total. The first-order chi connectivity index (χ1) is 15.7. The van der Waals surface area contributed by atoms with Crippen molar-refractivity contribution in [2.24, 2.45) is 0 Å². The Kier molecular flexibility index (Phi) is 5.91. The van der Waals surface area contributed by atoms with Gasteiger partial charge < -0.3 is 9.72 Å². The van der Waals surface area contributed by atoms with E-state index in [1.165, 1.54) is 17.2 Å². The van der Waals surface area contributed by atoms with E-state index >= 15 is 0 Å². The van der Waals surface area contributed by atoms with Gasteiger partial charge in [-0.3, -0.25) is 9.69 Å². The molecule has 3 aromatic heterocycles. The van der Waals surface area contributed by atoms with Gasteiger partial charge >= 0.3 is 6.09 Å². The van der Waals surface area contributed by atoms with Gasteiger partial charge in [-0.2, -0.15) is 0 Å². The Morgan fingerprint density at radius 1 is 1.06 bits per heavy atom. The maximum absolute atomic E-state index is 14.3. The average Bonchev–Trinajstić information content (AvgIpc) is 3.21. The third-order valence-electron chi connectivity index (χ3n) is 4.88. The van der Waals surface area contributed by atoms with Gasteiger partial charge in [0.25, 0.3) is 0 Å². The Balaban J connectivity index is 1.64. The molecule has 1 amide bonds. The monoisotopic (exact) mass is 446 g/mol. The highest BCUT2D eigenvalue weighted by Crippen LogP contribution is 2.23. The van der Waals surface area contributed by atoms with Crippen LogP contribution in [0, 0.1) is 5.82 Å². The smallest absolute Gasteiger partial charge is 0.416 e. The number of hydrogen-bond donors (Lipinski definition) is 1. The molecule has 0 bridgehead atoms. The van der Waals surface area contributed by atoms with Crippen molar-refractivity contribution >= 4 is 28.7 Å². The van der Waals surface area contributed by atoms with Crippen molar-refractivity contribution in [1.82, 2.24) is 15.0 Å². The van der Waals surface area contributed by atoms with Gasteiger partial charge in [0.2, 0.25) is 0 Å². The van der Waals surface area contributed by atoms with E-state index in [0.717, 1.165) is 0 Å². The van der Waals surface area contributed by atoms with Gasteiger partial charge in [0.1, 0.15) is 22.9 Å². The first kappa shape index (κ1) is 22.1. The molecule has 4 aromatic rings. The summed E-state index contributed by atoms with van der Waals surface area (Å²) in [5.41, 5.74) is 1.01. The lowest BCUT2D eigenvalue weighted by Crippen LogP contribution is -2.37. The quantitative estimate of drug-likeness (QED) is 0.422. The number of fused-ring (bicyclic) bond motifs is 1. The number of aromatic amines is 1. The Labute approximate surface area is 190 Å². The van der Waals surface area contributed by atoms with E-state index in [1.807, 2.05) is 6.07 Å². The number of nitrogens with one attached hydrogen (secondary N) is 1. The van der Waals surface area contributed by atoms with Crippen LogP contribution in [0.3, 0.4) is 0 Å². The van der Waals surface area contributed by atoms with Crippen LogP contribution in [0.2, 0.25) is 0 Å². The van der Waals surface area contributed by atoms with Crippen molar-refractivity contribution in [1.29, 1.82) is 0 Å². The lowest BCUT2D eigenvalue weighted by Gasteiger charge is -2.27. The molecule has 33 heavy (non-hydrogen) atoms. The molecule has 0 radical (unpaired) electrons. The molecule has 0 aliphatic carbocycles. The molecule has 0 aliphatic heterocycles. The summed E-state index contributed by atoms with van der Waals surface area (Å²) in [6, 6.07) is 12.9. The predicted molar refractivity (Wildman–Crippen MR) is 123 cm³/mol. The molecule has 3 heterocycles. The molecular formula is C25H23FN4O3. The number of hydrogen-bond acceptors (Lipinski definition) is 5. The van der Waals surface area contributed by atoms with Gasteiger partial charge in [-0.15, -0.1) is 0 Å². The summed E-state index contributed by atoms with van der Waals surface area (Å²) in [7, 11) is 0. The Hall–Kier alpha value is -4.07. The number of amides is 1. The number of nitrogens with zero attached hydrogens (tertiary/aromatic N) is 3. The molecule has 4 rings (SSSR count). The van der Waals surface area contributed by atoms with Crippen LogP contribution in [-0.2, 0) is 11.3 Å². The molecule has 8 heteroatoms. The molecule has 7 nitrogen and oxygen atoms in total. The van der Waals surface area contributed by atoms with Crippen LogP contribution in [0.25, 0.3) is 11.0 Å². The van der Waals surface area contributed by atoms with E-state index in [9.17, 15) is 14.0 Å². The minimum Gasteiger partial charge on any atom is -0.443 e. The zero-order valence-electron chi connectivity index (χ0n) is 18.5. The number of pyridine rings is 2. The summed E-state index contributed by atoms with van der Waals surface area (Å²) in [6.07, 6.45) is 3.98. The van der Waals surface area contributed by atoms with E-state index in [-0.39, 0.29) is 18.1 Å². The molecule has 1 aromatic carbocycles. The highest BCUT2D eigenvalue weighted by atomic mass is 19.1. The highest BCUT2D eigenvalue weighted by molar-refractivity contribution is 6.15. The van der Waals surface area contributed by atoms with Gasteiger partial charge in [-0.1, -0.05) is 18.2 Å². The number of halogens is 1. The van der Waals surface area contributed by atoms with E-state index in [4.69, 9.17) is 4.74 Å². The van der Waals surface area contributed by atoms with Crippen LogP contribution in [0.5, 0.6) is 0 Å². The van der Waals surface area contributed by atoms with Gasteiger partial charge in [-0.05, 0) is 51.1 Å². The van der Waals surface area contributed by atoms with Crippen LogP contribution < -0.4 is 4.90 Å². The fourth-order valence-electron chi connectivity index (χ4n) is 3.33. The summed E-state index contributed by atoms with van der Waals surface area (Å²) < 4.78 is 19.8. The molecule has 168 valence electrons. The van der Waals surface area contributed by atoms with Crippen molar-refractivity contribution in [3.63, 3.8) is 0 Å². The zero-order valence-corrected chi connectivity index (χ0v) is 18.5. The maximum atomic E-state index is 14.3. The second-order valence-corrected chi connectivity index (χ2v) is 8.49. The van der Waals surface area contributed by atoms with Crippen molar-refractivity contribution in [3.05, 3.63) is 89.6 Å². The van der Waals surface area contributed by atoms with E-state index < -0.39 is 17.5 Å². The Morgan fingerprint density at radius 3 is 2.55 bits per heavy atom. The molecule has 0 unspecified atom stereocenters. The van der Waals surface area contributed by atoms with Gasteiger partial charge in [-0.25, -0.2) is 19.2 Å². The van der Waals surface area contributed by atoms with Crippen molar-refractivity contribution < 1.29 is 18.7 Å². The van der Waals surface area contributed by atoms with Crippen molar-refractivity contribution in [2.45, 2.75) is 32.9 Å². The topological polar surface area (TPSA) is 88.2 Å². The normalized spacial score (nSPS) is 11.4. The third-order valence-corrected chi connectivity index (χ3v) is 4.88. The van der Waals surface area contributed by atoms with Crippen molar-refractivity contribution in [2.75, 3.05) is 4.90 Å². The summed E-state index contributed by atoms with van der Waals surface area (Å²) in [5.74, 6) is -0.429. The largest absolute Gasteiger partial charge is 0.443 e. The van der Waals surface area contributed by atoms with Crippen molar-refractivity contribution in [3.8, 4) is 0 Å². The first-order valence-electron chi connectivity index (χ1n) is 10.4. The predicted octanol–water partition coefficient (Wildman–Crippen LogP) is 5.27. The second kappa shape index (κ2) is 8.82. The summed E-state index contributed by atoms with van der Waals surface area (Å²) >= 11 is 0. The minimum atomic E-state index is -0.746. The van der Waals surface area contributed by atoms with Crippen LogP contribution in [0.4, 0.5) is 15.0 Å². The number of ketones is 1. The van der Waals surface area contributed by atoms with Crippen LogP contribution >= 0.6 is 0 Å². The van der Waals surface area contributed by atoms with E-state index in [0.29, 0.717) is 27.7 Å². The molecule has 0 fully saturated rings. The number of H-pyrrole nitrogens is 1. The van der Waals surface area contributed by atoms with Gasteiger partial charge in [0, 0.05) is 40.7 Å². The molecule has 0 atom stereocenters. The molecule has 0 saturated heterocycles. The summed E-state index contributed by atoms with van der Waals surface area (Å²) in [6.45, 7) is 5.17. The number of anilines is 1. The van der Waals surface area contributed by atoms with Crippen LogP contribution in [0.15, 0.2) is 67.1 Å². The SMILES string of the molecule is CC(C)(C)OC(=O)N(Cc1ccccc1F)c1ccc(C(=O)c2c[nH]c3ncccc23)cn1. The third kappa shape index (κ3) is 4.90. The summed E-state index contributed by atoms with van der Waals surface area (Å²) in [5, 5.41) is 0.710. The maximum Gasteiger partial charge on any atom is 0.416 e. The first-order valence-corrected chi connectivity index (χ1v) is 10.4. The zero-order chi connectivity index (χ0) is 23.6. The van der Waals surface area contributed by atoms with Gasteiger partial charge in [0.15, 0.2) is 5.78 Å². The van der Waals surface area contributed by atoms with Crippen LogP contribution in [0.1, 0.15) is 42.3 Å².